The van der Waals surface area contributed by atoms with Crippen molar-refractivity contribution in [2.45, 2.75) is 20.8 Å². The van der Waals surface area contributed by atoms with Crippen LogP contribution in [0, 0.1) is 30.9 Å². The lowest BCUT2D eigenvalue weighted by atomic mass is 10.2. The van der Waals surface area contributed by atoms with Crippen LogP contribution in [0.1, 0.15) is 17.0 Å². The van der Waals surface area contributed by atoms with Gasteiger partial charge in [0.2, 0.25) is 5.75 Å². The number of nitrogens with zero attached hydrogens (tertiary/aromatic N) is 3. The van der Waals surface area contributed by atoms with Crippen molar-refractivity contribution in [2.24, 2.45) is 0 Å². The minimum absolute atomic E-state index is 0.0622. The number of aromatic nitrogens is 2. The van der Waals surface area contributed by atoms with Gasteiger partial charge in [-0.15, -0.1) is 0 Å². The maximum Gasteiger partial charge on any atom is 0.311 e. The predicted octanol–water partition coefficient (Wildman–Crippen LogP) is 3.76. The Bertz CT molecular complexity index is 689. The molecule has 0 radical (unpaired) electrons. The Kier molecular flexibility index (Phi) is 3.85. The van der Waals surface area contributed by atoms with Crippen LogP contribution in [-0.4, -0.2) is 14.9 Å². The molecule has 0 saturated heterocycles. The van der Waals surface area contributed by atoms with Gasteiger partial charge in [0.25, 0.3) is 5.88 Å². The molecule has 0 aliphatic rings. The van der Waals surface area contributed by atoms with Gasteiger partial charge in [-0.25, -0.2) is 9.97 Å². The van der Waals surface area contributed by atoms with Gasteiger partial charge in [-0.05, 0) is 26.3 Å². The third kappa shape index (κ3) is 2.70. The molecule has 0 aliphatic heterocycles. The van der Waals surface area contributed by atoms with E-state index in [0.717, 1.165) is 0 Å². The van der Waals surface area contributed by atoms with Gasteiger partial charge in [0.15, 0.2) is 5.15 Å². The number of hydrogen-bond acceptors (Lipinski definition) is 5. The normalized spacial score (nSPS) is 10.4. The Hall–Kier alpha value is -2.21. The van der Waals surface area contributed by atoms with Gasteiger partial charge < -0.3 is 4.74 Å². The van der Waals surface area contributed by atoms with Crippen molar-refractivity contribution in [3.05, 3.63) is 50.4 Å². The molecule has 0 bridgehead atoms. The van der Waals surface area contributed by atoms with E-state index < -0.39 is 4.92 Å². The molecule has 0 fully saturated rings. The molecule has 7 heteroatoms. The average molecular weight is 294 g/mol. The van der Waals surface area contributed by atoms with Crippen molar-refractivity contribution in [3.63, 3.8) is 0 Å². The highest BCUT2D eigenvalue weighted by molar-refractivity contribution is 6.30. The van der Waals surface area contributed by atoms with Crippen molar-refractivity contribution in [3.8, 4) is 11.6 Å². The number of ether oxygens (including phenoxy) is 1. The smallest absolute Gasteiger partial charge is 0.311 e. The third-order valence-corrected chi connectivity index (χ3v) is 3.07. The monoisotopic (exact) mass is 293 g/mol. The van der Waals surface area contributed by atoms with Crippen molar-refractivity contribution in [1.82, 2.24) is 9.97 Å². The van der Waals surface area contributed by atoms with Gasteiger partial charge in [-0.1, -0.05) is 23.7 Å². The predicted molar refractivity (Wildman–Crippen MR) is 74.4 cm³/mol. The van der Waals surface area contributed by atoms with Gasteiger partial charge in [-0.3, -0.25) is 10.1 Å². The summed E-state index contributed by atoms with van der Waals surface area (Å²) in [6, 6.07) is 4.67. The molecule has 1 aromatic heterocycles. The molecular weight excluding hydrogens is 282 g/mol. The number of rotatable bonds is 3. The highest BCUT2D eigenvalue weighted by atomic mass is 35.5. The van der Waals surface area contributed by atoms with Crippen LogP contribution < -0.4 is 4.74 Å². The Morgan fingerprint density at radius 1 is 1.20 bits per heavy atom. The second-order valence-electron chi connectivity index (χ2n) is 4.27. The molecule has 0 atom stereocenters. The molecule has 6 nitrogen and oxygen atoms in total. The summed E-state index contributed by atoms with van der Waals surface area (Å²) in [6.45, 7) is 5.25. The third-order valence-electron chi connectivity index (χ3n) is 2.82. The zero-order valence-corrected chi connectivity index (χ0v) is 11.9. The lowest BCUT2D eigenvalue weighted by molar-refractivity contribution is -0.385. The van der Waals surface area contributed by atoms with Gasteiger partial charge in [0, 0.05) is 6.07 Å². The van der Waals surface area contributed by atoms with E-state index in [1.807, 2.05) is 0 Å². The van der Waals surface area contributed by atoms with Crippen LogP contribution in [0.5, 0.6) is 11.6 Å². The van der Waals surface area contributed by atoms with Crippen molar-refractivity contribution >= 4 is 17.3 Å². The first kappa shape index (κ1) is 14.2. The minimum atomic E-state index is -0.509. The highest BCUT2D eigenvalue weighted by Gasteiger charge is 2.20. The number of nitro benzene ring substituents is 1. The number of para-hydroxylation sites is 1. The summed E-state index contributed by atoms with van der Waals surface area (Å²) in [5, 5.41) is 11.1. The second kappa shape index (κ2) is 5.42. The van der Waals surface area contributed by atoms with Crippen molar-refractivity contribution in [2.75, 3.05) is 0 Å². The summed E-state index contributed by atoms with van der Waals surface area (Å²) >= 11 is 5.97. The van der Waals surface area contributed by atoms with Crippen molar-refractivity contribution < 1.29 is 9.66 Å². The summed E-state index contributed by atoms with van der Waals surface area (Å²) in [5.74, 6) is 0.184. The zero-order chi connectivity index (χ0) is 14.9. The molecule has 1 aromatic carbocycles. The number of aryl methyl sites for hydroxylation is 3. The maximum atomic E-state index is 11.0. The fourth-order valence-electron chi connectivity index (χ4n) is 1.63. The molecule has 20 heavy (non-hydrogen) atoms. The summed E-state index contributed by atoms with van der Waals surface area (Å²) in [6.07, 6.45) is 0. The van der Waals surface area contributed by atoms with Gasteiger partial charge in [0.1, 0.15) is 0 Å². The van der Waals surface area contributed by atoms with Crippen LogP contribution in [0.3, 0.4) is 0 Å². The largest absolute Gasteiger partial charge is 0.429 e. The van der Waals surface area contributed by atoms with Gasteiger partial charge >= 0.3 is 5.69 Å². The van der Waals surface area contributed by atoms with Gasteiger partial charge in [-0.2, -0.15) is 0 Å². The van der Waals surface area contributed by atoms with E-state index in [-0.39, 0.29) is 22.5 Å². The van der Waals surface area contributed by atoms with Crippen LogP contribution in [0.25, 0.3) is 0 Å². The average Bonchev–Trinajstić information content (AvgIpc) is 2.37. The molecule has 104 valence electrons. The summed E-state index contributed by atoms with van der Waals surface area (Å²) in [7, 11) is 0. The molecule has 0 aliphatic carbocycles. The van der Waals surface area contributed by atoms with Crippen LogP contribution >= 0.6 is 11.6 Å². The first-order valence-electron chi connectivity index (χ1n) is 5.82. The van der Waals surface area contributed by atoms with E-state index in [9.17, 15) is 10.1 Å². The first-order chi connectivity index (χ1) is 9.40. The van der Waals surface area contributed by atoms with Crippen LogP contribution in [-0.2, 0) is 0 Å². The first-order valence-corrected chi connectivity index (χ1v) is 6.20. The maximum absolute atomic E-state index is 11.0. The summed E-state index contributed by atoms with van der Waals surface area (Å²) in [4.78, 5) is 18.8. The van der Waals surface area contributed by atoms with E-state index in [1.54, 1.807) is 32.9 Å². The number of hydrogen-bond donors (Lipinski definition) is 0. The fraction of sp³-hybridized carbons (Fsp3) is 0.231. The van der Waals surface area contributed by atoms with Crippen LogP contribution in [0.4, 0.5) is 5.69 Å². The minimum Gasteiger partial charge on any atom is -0.429 e. The second-order valence-corrected chi connectivity index (χ2v) is 4.63. The van der Waals surface area contributed by atoms with E-state index in [1.165, 1.54) is 6.07 Å². The SMILES string of the molecule is Cc1cccc([N+](=O)[O-])c1Oc1nc(C)c(C)nc1Cl. The molecule has 2 aromatic rings. The van der Waals surface area contributed by atoms with Crippen LogP contribution in [0.15, 0.2) is 18.2 Å². The van der Waals surface area contributed by atoms with Gasteiger partial charge in [0.05, 0.1) is 16.3 Å². The standard InChI is InChI=1S/C13H12ClN3O3/c1-7-5-4-6-10(17(18)19)11(7)20-13-12(14)15-8(2)9(3)16-13/h4-6H,1-3H3. The summed E-state index contributed by atoms with van der Waals surface area (Å²) in [5.41, 5.74) is 1.82. The Balaban J connectivity index is 2.50. The molecule has 0 spiro atoms. The molecular formula is C13H12ClN3O3. The Morgan fingerprint density at radius 2 is 1.85 bits per heavy atom. The topological polar surface area (TPSA) is 78.2 Å². The number of nitro groups is 1. The number of halogens is 1. The molecule has 0 unspecified atom stereocenters. The van der Waals surface area contributed by atoms with E-state index in [0.29, 0.717) is 17.0 Å². The molecule has 1 heterocycles. The zero-order valence-electron chi connectivity index (χ0n) is 11.2. The van der Waals surface area contributed by atoms with E-state index >= 15 is 0 Å². The lowest BCUT2D eigenvalue weighted by Gasteiger charge is -2.10. The van der Waals surface area contributed by atoms with E-state index in [4.69, 9.17) is 16.3 Å². The number of benzene rings is 1. The quantitative estimate of drug-likeness (QED) is 0.636. The molecule has 0 saturated carbocycles. The highest BCUT2D eigenvalue weighted by Crippen LogP contribution is 2.35. The Morgan fingerprint density at radius 3 is 2.50 bits per heavy atom. The van der Waals surface area contributed by atoms with Crippen LogP contribution in [0.2, 0.25) is 5.15 Å². The molecule has 0 amide bonds. The lowest BCUT2D eigenvalue weighted by Crippen LogP contribution is -2.00. The van der Waals surface area contributed by atoms with Crippen molar-refractivity contribution in [1.29, 1.82) is 0 Å². The molecule has 2 rings (SSSR count). The summed E-state index contributed by atoms with van der Waals surface area (Å²) < 4.78 is 5.52. The van der Waals surface area contributed by atoms with E-state index in [2.05, 4.69) is 9.97 Å². The fourth-order valence-corrected chi connectivity index (χ4v) is 1.84. The Labute approximate surface area is 120 Å². The molecule has 0 N–H and O–H groups in total.